The third-order valence-electron chi connectivity index (χ3n) is 3.13. The van der Waals surface area contributed by atoms with E-state index in [1.807, 2.05) is 31.2 Å². The fourth-order valence-electron chi connectivity index (χ4n) is 1.92. The average Bonchev–Trinajstić information content (AvgIpc) is 2.47. The third-order valence-corrected chi connectivity index (χ3v) is 3.66. The molecular formula is C16H15BrFNO2. The lowest BCUT2D eigenvalue weighted by Crippen LogP contribution is -2.26. The molecule has 21 heavy (non-hydrogen) atoms. The molecule has 0 bridgehead atoms. The molecule has 0 radical (unpaired) electrons. The molecule has 2 rings (SSSR count). The van der Waals surface area contributed by atoms with Crippen LogP contribution in [0, 0.1) is 5.82 Å². The lowest BCUT2D eigenvalue weighted by atomic mass is 10.1. The summed E-state index contributed by atoms with van der Waals surface area (Å²) in [6, 6.07) is 11.6. The molecule has 1 unspecified atom stereocenters. The first-order valence-electron chi connectivity index (χ1n) is 6.41. The van der Waals surface area contributed by atoms with Gasteiger partial charge in [-0.1, -0.05) is 28.1 Å². The summed E-state index contributed by atoms with van der Waals surface area (Å²) < 4.78 is 19.4. The van der Waals surface area contributed by atoms with Crippen LogP contribution < -0.4 is 10.1 Å². The molecule has 2 aromatic carbocycles. The smallest absolute Gasteiger partial charge is 0.251 e. The molecule has 0 fully saturated rings. The Hall–Kier alpha value is -1.88. The maximum absolute atomic E-state index is 13.6. The largest absolute Gasteiger partial charge is 0.494 e. The van der Waals surface area contributed by atoms with E-state index < -0.39 is 5.82 Å². The Morgan fingerprint density at radius 2 is 1.90 bits per heavy atom. The van der Waals surface area contributed by atoms with Crippen LogP contribution in [0.1, 0.15) is 28.9 Å². The van der Waals surface area contributed by atoms with Gasteiger partial charge >= 0.3 is 0 Å². The van der Waals surface area contributed by atoms with E-state index in [2.05, 4.69) is 21.2 Å². The number of hydrogen-bond acceptors (Lipinski definition) is 2. The van der Waals surface area contributed by atoms with E-state index in [1.54, 1.807) is 0 Å². The lowest BCUT2D eigenvalue weighted by Gasteiger charge is -2.15. The number of carbonyl (C=O) groups is 1. The number of methoxy groups -OCH3 is 1. The van der Waals surface area contributed by atoms with E-state index in [-0.39, 0.29) is 23.3 Å². The molecule has 110 valence electrons. The molecule has 1 N–H and O–H groups in total. The lowest BCUT2D eigenvalue weighted by molar-refractivity contribution is 0.0939. The molecule has 0 aliphatic rings. The van der Waals surface area contributed by atoms with Crippen molar-refractivity contribution >= 4 is 21.8 Å². The molecule has 0 aliphatic carbocycles. The van der Waals surface area contributed by atoms with Gasteiger partial charge in [0.15, 0.2) is 11.6 Å². The Balaban J connectivity index is 2.10. The van der Waals surface area contributed by atoms with Crippen LogP contribution in [0.15, 0.2) is 46.9 Å². The highest BCUT2D eigenvalue weighted by molar-refractivity contribution is 9.10. The van der Waals surface area contributed by atoms with Crippen molar-refractivity contribution in [2.75, 3.05) is 7.11 Å². The molecule has 1 amide bonds. The van der Waals surface area contributed by atoms with E-state index in [1.165, 1.54) is 25.3 Å². The second kappa shape index (κ2) is 6.72. The summed E-state index contributed by atoms with van der Waals surface area (Å²) in [5, 5.41) is 2.83. The number of benzene rings is 2. The number of carbonyl (C=O) groups excluding carboxylic acids is 1. The highest BCUT2D eigenvalue weighted by atomic mass is 79.9. The molecule has 0 aliphatic heterocycles. The van der Waals surface area contributed by atoms with Crippen molar-refractivity contribution in [3.05, 3.63) is 63.9 Å². The summed E-state index contributed by atoms with van der Waals surface area (Å²) in [7, 11) is 1.38. The van der Waals surface area contributed by atoms with E-state index in [0.29, 0.717) is 0 Å². The van der Waals surface area contributed by atoms with Crippen LogP contribution >= 0.6 is 15.9 Å². The molecule has 0 aromatic heterocycles. The molecule has 1 atom stereocenters. The van der Waals surface area contributed by atoms with Crippen LogP contribution in [-0.2, 0) is 0 Å². The number of ether oxygens (including phenoxy) is 1. The number of hydrogen-bond donors (Lipinski definition) is 1. The van der Waals surface area contributed by atoms with Gasteiger partial charge in [0, 0.05) is 10.0 Å². The maximum atomic E-state index is 13.6. The van der Waals surface area contributed by atoms with Gasteiger partial charge in [0.2, 0.25) is 0 Å². The second-order valence-electron chi connectivity index (χ2n) is 4.60. The topological polar surface area (TPSA) is 38.3 Å². The van der Waals surface area contributed by atoms with Crippen LogP contribution in [0.2, 0.25) is 0 Å². The number of halogens is 2. The van der Waals surface area contributed by atoms with Gasteiger partial charge < -0.3 is 10.1 Å². The van der Waals surface area contributed by atoms with Crippen molar-refractivity contribution in [1.82, 2.24) is 5.32 Å². The van der Waals surface area contributed by atoms with Crippen LogP contribution in [0.3, 0.4) is 0 Å². The summed E-state index contributed by atoms with van der Waals surface area (Å²) in [4.78, 5) is 12.1. The van der Waals surface area contributed by atoms with E-state index in [4.69, 9.17) is 4.74 Å². The van der Waals surface area contributed by atoms with Gasteiger partial charge in [0.25, 0.3) is 5.91 Å². The predicted molar refractivity (Wildman–Crippen MR) is 83.0 cm³/mol. The molecule has 3 nitrogen and oxygen atoms in total. The fraction of sp³-hybridized carbons (Fsp3) is 0.188. The van der Waals surface area contributed by atoms with Crippen molar-refractivity contribution in [3.8, 4) is 5.75 Å². The summed E-state index contributed by atoms with van der Waals surface area (Å²) in [5.41, 5.74) is 1.23. The van der Waals surface area contributed by atoms with E-state index in [9.17, 15) is 9.18 Å². The minimum absolute atomic E-state index is 0.118. The van der Waals surface area contributed by atoms with Crippen LogP contribution in [0.4, 0.5) is 4.39 Å². The maximum Gasteiger partial charge on any atom is 0.251 e. The second-order valence-corrected chi connectivity index (χ2v) is 5.51. The van der Waals surface area contributed by atoms with Gasteiger partial charge in [-0.15, -0.1) is 0 Å². The first-order chi connectivity index (χ1) is 10.0. The summed E-state index contributed by atoms with van der Waals surface area (Å²) in [5.74, 6) is -0.763. The van der Waals surface area contributed by atoms with Crippen LogP contribution in [-0.4, -0.2) is 13.0 Å². The van der Waals surface area contributed by atoms with Crippen molar-refractivity contribution in [2.24, 2.45) is 0 Å². The highest BCUT2D eigenvalue weighted by Gasteiger charge is 2.13. The zero-order chi connectivity index (χ0) is 15.4. The summed E-state index contributed by atoms with van der Waals surface area (Å²) >= 11 is 3.36. The summed E-state index contributed by atoms with van der Waals surface area (Å²) in [6.45, 7) is 1.88. The normalized spacial score (nSPS) is 11.8. The first kappa shape index (κ1) is 15.5. The zero-order valence-electron chi connectivity index (χ0n) is 11.7. The van der Waals surface area contributed by atoms with Gasteiger partial charge in [-0.05, 0) is 42.8 Å². The third kappa shape index (κ3) is 3.82. The van der Waals surface area contributed by atoms with Gasteiger partial charge in [0.1, 0.15) is 0 Å². The standard InChI is InChI=1S/C16H15BrFNO2/c1-10(11-3-6-13(17)7-4-11)19-16(20)12-5-8-15(21-2)14(18)9-12/h3-10H,1-2H3,(H,19,20). The number of nitrogens with one attached hydrogen (secondary N) is 1. The van der Waals surface area contributed by atoms with Gasteiger partial charge in [-0.3, -0.25) is 4.79 Å². The summed E-state index contributed by atoms with van der Waals surface area (Å²) in [6.07, 6.45) is 0. The first-order valence-corrected chi connectivity index (χ1v) is 7.20. The van der Waals surface area contributed by atoms with Crippen LogP contribution in [0.25, 0.3) is 0 Å². The Morgan fingerprint density at radius 1 is 1.24 bits per heavy atom. The Kier molecular flexibility index (Phi) is 4.96. The van der Waals surface area contributed by atoms with E-state index in [0.717, 1.165) is 10.0 Å². The monoisotopic (exact) mass is 351 g/mol. The molecule has 0 saturated carbocycles. The fourth-order valence-corrected chi connectivity index (χ4v) is 2.19. The zero-order valence-corrected chi connectivity index (χ0v) is 13.3. The molecule has 0 saturated heterocycles. The van der Waals surface area contributed by atoms with Crippen molar-refractivity contribution in [2.45, 2.75) is 13.0 Å². The quantitative estimate of drug-likeness (QED) is 0.900. The van der Waals surface area contributed by atoms with Gasteiger partial charge in [-0.25, -0.2) is 4.39 Å². The van der Waals surface area contributed by atoms with Crippen molar-refractivity contribution < 1.29 is 13.9 Å². The Morgan fingerprint density at radius 3 is 2.48 bits per heavy atom. The van der Waals surface area contributed by atoms with Gasteiger partial charge in [-0.2, -0.15) is 0 Å². The SMILES string of the molecule is COc1ccc(C(=O)NC(C)c2ccc(Br)cc2)cc1F. The van der Waals surface area contributed by atoms with Gasteiger partial charge in [0.05, 0.1) is 13.2 Å². The van der Waals surface area contributed by atoms with E-state index >= 15 is 0 Å². The van der Waals surface area contributed by atoms with Crippen LogP contribution in [0.5, 0.6) is 5.75 Å². The predicted octanol–water partition coefficient (Wildman–Crippen LogP) is 4.09. The van der Waals surface area contributed by atoms with Crippen molar-refractivity contribution in [3.63, 3.8) is 0 Å². The molecule has 0 heterocycles. The molecule has 0 spiro atoms. The Labute approximate surface area is 131 Å². The average molecular weight is 352 g/mol. The number of amides is 1. The highest BCUT2D eigenvalue weighted by Crippen LogP contribution is 2.20. The van der Waals surface area contributed by atoms with Crippen molar-refractivity contribution in [1.29, 1.82) is 0 Å². The Bertz CT molecular complexity index is 643. The molecular weight excluding hydrogens is 337 g/mol. The molecule has 5 heteroatoms. The molecule has 2 aromatic rings. The minimum Gasteiger partial charge on any atom is -0.494 e. The minimum atomic E-state index is -0.554. The number of rotatable bonds is 4.